The van der Waals surface area contributed by atoms with Gasteiger partial charge in [0, 0.05) is 35.7 Å². The van der Waals surface area contributed by atoms with Gasteiger partial charge in [0.25, 0.3) is 5.69 Å². The van der Waals surface area contributed by atoms with Gasteiger partial charge in [0.05, 0.1) is 16.5 Å². The number of ketones is 1. The molecule has 150 valence electrons. The van der Waals surface area contributed by atoms with Crippen LogP contribution < -0.4 is 4.90 Å². The smallest absolute Gasteiger partial charge is 0.312 e. The van der Waals surface area contributed by atoms with Gasteiger partial charge in [0.1, 0.15) is 0 Å². The maximum atomic E-state index is 12.5. The minimum atomic E-state index is -1.02. The van der Waals surface area contributed by atoms with Crippen molar-refractivity contribution in [2.24, 2.45) is 5.92 Å². The van der Waals surface area contributed by atoms with E-state index in [4.69, 9.17) is 16.3 Å². The van der Waals surface area contributed by atoms with Crippen molar-refractivity contribution in [2.45, 2.75) is 19.4 Å². The molecule has 0 spiro atoms. The number of nitro benzene ring substituents is 1. The molecule has 2 aromatic carbocycles. The Labute approximate surface area is 171 Å². The Kier molecular flexibility index (Phi) is 5.93. The van der Waals surface area contributed by atoms with Crippen molar-refractivity contribution < 1.29 is 24.0 Å². The number of Topliss-reactive ketones (excluding diaryl/α,β-unsaturated/α-hetero) is 1. The number of carbonyl (C=O) groups excluding carboxylic acids is 3. The van der Waals surface area contributed by atoms with Gasteiger partial charge in [-0.3, -0.25) is 24.5 Å². The van der Waals surface area contributed by atoms with Crippen molar-refractivity contribution >= 4 is 40.6 Å². The standard InChI is InChI=1S/C20H17ClN2O6/c1-12(19(25)13-5-7-15(21)8-6-13)29-20(26)14-9-18(24)22(11-14)16-3-2-4-17(10-16)23(27)28/h2-8,10,12,14H,9,11H2,1H3/t12-,14+/m1/s1. The third kappa shape index (κ3) is 4.60. The van der Waals surface area contributed by atoms with E-state index in [-0.39, 0.29) is 30.3 Å². The van der Waals surface area contributed by atoms with Crippen LogP contribution in [-0.2, 0) is 14.3 Å². The fourth-order valence-electron chi connectivity index (χ4n) is 3.06. The third-order valence-electron chi connectivity index (χ3n) is 4.60. The lowest BCUT2D eigenvalue weighted by Crippen LogP contribution is -2.30. The van der Waals surface area contributed by atoms with Crippen molar-refractivity contribution in [3.05, 3.63) is 69.2 Å². The second-order valence-electron chi connectivity index (χ2n) is 6.63. The average molecular weight is 417 g/mol. The number of nitrogens with zero attached hydrogens (tertiary/aromatic N) is 2. The molecule has 1 aliphatic rings. The van der Waals surface area contributed by atoms with Crippen LogP contribution in [0.5, 0.6) is 0 Å². The summed E-state index contributed by atoms with van der Waals surface area (Å²) in [6.07, 6.45) is -1.12. The Balaban J connectivity index is 1.65. The van der Waals surface area contributed by atoms with Gasteiger partial charge in [0.2, 0.25) is 11.7 Å². The number of non-ortho nitro benzene ring substituents is 1. The van der Waals surface area contributed by atoms with Gasteiger partial charge in [-0.05, 0) is 37.3 Å². The number of ether oxygens (including phenoxy) is 1. The zero-order valence-electron chi connectivity index (χ0n) is 15.4. The number of rotatable bonds is 6. The molecule has 0 N–H and O–H groups in total. The first-order valence-electron chi connectivity index (χ1n) is 8.81. The number of hydrogen-bond donors (Lipinski definition) is 0. The minimum Gasteiger partial charge on any atom is -0.454 e. The predicted molar refractivity (Wildman–Crippen MR) is 105 cm³/mol. The van der Waals surface area contributed by atoms with E-state index >= 15 is 0 Å². The Hall–Kier alpha value is -3.26. The molecule has 1 saturated heterocycles. The molecule has 29 heavy (non-hydrogen) atoms. The largest absolute Gasteiger partial charge is 0.454 e. The normalized spacial score (nSPS) is 17.1. The molecule has 2 atom stereocenters. The number of anilines is 1. The number of esters is 1. The van der Waals surface area contributed by atoms with Crippen LogP contribution in [0, 0.1) is 16.0 Å². The number of carbonyl (C=O) groups is 3. The molecule has 0 radical (unpaired) electrons. The Bertz CT molecular complexity index is 975. The van der Waals surface area contributed by atoms with E-state index in [1.165, 1.54) is 42.2 Å². The van der Waals surface area contributed by atoms with Crippen LogP contribution >= 0.6 is 11.6 Å². The maximum absolute atomic E-state index is 12.5. The number of benzene rings is 2. The van der Waals surface area contributed by atoms with E-state index in [2.05, 4.69) is 0 Å². The maximum Gasteiger partial charge on any atom is 0.312 e. The molecule has 1 aliphatic heterocycles. The molecule has 0 unspecified atom stereocenters. The van der Waals surface area contributed by atoms with Crippen molar-refractivity contribution in [1.82, 2.24) is 0 Å². The SMILES string of the molecule is C[C@@H](OC(=O)[C@H]1CC(=O)N(c2cccc([N+](=O)[O-])c2)C1)C(=O)c1ccc(Cl)cc1. The van der Waals surface area contributed by atoms with Crippen LogP contribution in [0.25, 0.3) is 0 Å². The molecule has 1 heterocycles. The van der Waals surface area contributed by atoms with Crippen molar-refractivity contribution in [3.63, 3.8) is 0 Å². The summed E-state index contributed by atoms with van der Waals surface area (Å²) in [4.78, 5) is 48.9. The zero-order valence-corrected chi connectivity index (χ0v) is 16.2. The highest BCUT2D eigenvalue weighted by Crippen LogP contribution is 2.28. The summed E-state index contributed by atoms with van der Waals surface area (Å²) in [7, 11) is 0. The first kappa shape index (κ1) is 20.5. The van der Waals surface area contributed by atoms with Crippen LogP contribution in [-0.4, -0.2) is 35.2 Å². The fraction of sp³-hybridized carbons (Fsp3) is 0.250. The lowest BCUT2D eigenvalue weighted by molar-refractivity contribution is -0.384. The zero-order chi connectivity index (χ0) is 21.1. The van der Waals surface area contributed by atoms with E-state index in [0.717, 1.165) is 0 Å². The Morgan fingerprint density at radius 1 is 1.24 bits per heavy atom. The van der Waals surface area contributed by atoms with Crippen LogP contribution in [0.15, 0.2) is 48.5 Å². The number of hydrogen-bond acceptors (Lipinski definition) is 6. The van der Waals surface area contributed by atoms with Gasteiger partial charge < -0.3 is 9.64 Å². The number of nitro groups is 1. The number of amides is 1. The van der Waals surface area contributed by atoms with Gasteiger partial charge in [-0.1, -0.05) is 17.7 Å². The van der Waals surface area contributed by atoms with Crippen LogP contribution in [0.4, 0.5) is 11.4 Å². The van der Waals surface area contributed by atoms with Crippen LogP contribution in [0.2, 0.25) is 5.02 Å². The van der Waals surface area contributed by atoms with E-state index in [9.17, 15) is 24.5 Å². The highest BCUT2D eigenvalue weighted by molar-refractivity contribution is 6.30. The summed E-state index contributed by atoms with van der Waals surface area (Å²) in [6.45, 7) is 1.49. The van der Waals surface area contributed by atoms with Gasteiger partial charge in [-0.15, -0.1) is 0 Å². The van der Waals surface area contributed by atoms with Gasteiger partial charge in [-0.2, -0.15) is 0 Å². The average Bonchev–Trinajstić information content (AvgIpc) is 3.10. The van der Waals surface area contributed by atoms with Crippen LogP contribution in [0.1, 0.15) is 23.7 Å². The lowest BCUT2D eigenvalue weighted by Gasteiger charge is -2.17. The molecular weight excluding hydrogens is 400 g/mol. The highest BCUT2D eigenvalue weighted by Gasteiger charge is 2.37. The Morgan fingerprint density at radius 2 is 1.93 bits per heavy atom. The molecule has 0 saturated carbocycles. The first-order valence-corrected chi connectivity index (χ1v) is 9.19. The molecule has 9 heteroatoms. The van der Waals surface area contributed by atoms with E-state index in [1.54, 1.807) is 18.2 Å². The van der Waals surface area contributed by atoms with E-state index < -0.39 is 22.9 Å². The summed E-state index contributed by atoms with van der Waals surface area (Å²) in [5.41, 5.74) is 0.545. The second-order valence-corrected chi connectivity index (χ2v) is 7.07. The summed E-state index contributed by atoms with van der Waals surface area (Å²) < 4.78 is 5.27. The van der Waals surface area contributed by atoms with Crippen molar-refractivity contribution in [2.75, 3.05) is 11.4 Å². The van der Waals surface area contributed by atoms with Crippen LogP contribution in [0.3, 0.4) is 0 Å². The van der Waals surface area contributed by atoms with Crippen molar-refractivity contribution in [1.29, 1.82) is 0 Å². The number of halogens is 1. The summed E-state index contributed by atoms with van der Waals surface area (Å²) in [5, 5.41) is 11.4. The van der Waals surface area contributed by atoms with Gasteiger partial charge >= 0.3 is 5.97 Å². The molecule has 0 bridgehead atoms. The first-order chi connectivity index (χ1) is 13.8. The van der Waals surface area contributed by atoms with E-state index in [0.29, 0.717) is 16.3 Å². The third-order valence-corrected chi connectivity index (χ3v) is 4.85. The summed E-state index contributed by atoms with van der Waals surface area (Å²) in [5.74, 6) is -2.15. The molecule has 8 nitrogen and oxygen atoms in total. The molecule has 1 fully saturated rings. The monoisotopic (exact) mass is 416 g/mol. The summed E-state index contributed by atoms with van der Waals surface area (Å²) >= 11 is 5.80. The second kappa shape index (κ2) is 8.40. The molecule has 0 aliphatic carbocycles. The van der Waals surface area contributed by atoms with E-state index in [1.807, 2.05) is 0 Å². The van der Waals surface area contributed by atoms with Gasteiger partial charge in [0.15, 0.2) is 6.10 Å². The molecule has 0 aromatic heterocycles. The molecular formula is C20H17ClN2O6. The van der Waals surface area contributed by atoms with Gasteiger partial charge in [-0.25, -0.2) is 0 Å². The summed E-state index contributed by atoms with van der Waals surface area (Å²) in [6, 6.07) is 11.8. The molecule has 1 amide bonds. The lowest BCUT2D eigenvalue weighted by atomic mass is 10.1. The highest BCUT2D eigenvalue weighted by atomic mass is 35.5. The topological polar surface area (TPSA) is 107 Å². The molecule has 3 rings (SSSR count). The predicted octanol–water partition coefficient (Wildman–Crippen LogP) is 3.42. The fourth-order valence-corrected chi connectivity index (χ4v) is 3.19. The van der Waals surface area contributed by atoms with Crippen molar-refractivity contribution in [3.8, 4) is 0 Å². The minimum absolute atomic E-state index is 0.0285. The quantitative estimate of drug-likeness (QED) is 0.309. The molecule has 2 aromatic rings. The Morgan fingerprint density at radius 3 is 2.59 bits per heavy atom.